The molecule has 0 atom stereocenters. The van der Waals surface area contributed by atoms with Gasteiger partial charge in [0.05, 0.1) is 69.9 Å². The molecule has 2 aromatic rings. The lowest BCUT2D eigenvalue weighted by molar-refractivity contribution is -0.0461. The predicted octanol–water partition coefficient (Wildman–Crippen LogP) is 1.10. The third-order valence-electron chi connectivity index (χ3n) is 6.38. The fourth-order valence-electron chi connectivity index (χ4n) is 4.20. The van der Waals surface area contributed by atoms with E-state index >= 15 is 0 Å². The van der Waals surface area contributed by atoms with Crippen LogP contribution in [0.15, 0.2) is 30.3 Å². The van der Waals surface area contributed by atoms with Crippen molar-refractivity contribution >= 4 is 5.97 Å². The zero-order chi connectivity index (χ0) is 28.6. The summed E-state index contributed by atoms with van der Waals surface area (Å²) in [5, 5.41) is 28.4. The van der Waals surface area contributed by atoms with E-state index in [4.69, 9.17) is 18.9 Å². The number of carbonyl (C=O) groups is 1. The van der Waals surface area contributed by atoms with Gasteiger partial charge in [-0.2, -0.15) is 0 Å². The highest BCUT2D eigenvalue weighted by Crippen LogP contribution is 2.14. The van der Waals surface area contributed by atoms with Crippen LogP contribution in [0.3, 0.4) is 0 Å². The van der Waals surface area contributed by atoms with E-state index in [9.17, 15) is 20.1 Å². The first kappa shape index (κ1) is 32.0. The molecule has 3 rings (SSSR count). The standard InChI is InChI=1S/C28H42N4O8/c1-2-22-18-24(30-26(19-22)28(35)36)21-32-8-12-39-16-14-37-10-6-31(7-11-38-15-17-40-13-9-32)20-23-4-3-5-25(29-23)27(33)34/h3-5,18-19,28,35-36H,2,6-17,20-21H2,1H3,(H,33,34). The lowest BCUT2D eigenvalue weighted by Crippen LogP contribution is -2.33. The van der Waals surface area contributed by atoms with E-state index in [0.717, 1.165) is 17.7 Å². The van der Waals surface area contributed by atoms with Crippen LogP contribution in [-0.2, 0) is 38.5 Å². The molecule has 0 saturated carbocycles. The van der Waals surface area contributed by atoms with Crippen LogP contribution in [0.1, 0.15) is 46.3 Å². The normalized spacial score (nSPS) is 18.3. The number of aliphatic hydroxyl groups is 2. The molecule has 0 spiro atoms. The SMILES string of the molecule is CCc1cc(CN2CCOCCOCCN(Cc3cccc(C(=O)O)n3)CCOCCOCC2)nc(C(O)O)c1. The minimum Gasteiger partial charge on any atom is -0.477 e. The van der Waals surface area contributed by atoms with Crippen molar-refractivity contribution in [2.24, 2.45) is 0 Å². The number of rotatable bonds is 7. The molecule has 0 amide bonds. The van der Waals surface area contributed by atoms with Gasteiger partial charge in [-0.3, -0.25) is 14.8 Å². The average Bonchev–Trinajstić information content (AvgIpc) is 2.94. The van der Waals surface area contributed by atoms with Crippen molar-refractivity contribution in [1.82, 2.24) is 19.8 Å². The number of aromatic carboxylic acids is 1. The number of aryl methyl sites for hydroxylation is 1. The highest BCUT2D eigenvalue weighted by Gasteiger charge is 2.13. The number of carboxylic acid groups (broad SMARTS) is 1. The van der Waals surface area contributed by atoms with E-state index in [-0.39, 0.29) is 11.4 Å². The van der Waals surface area contributed by atoms with Crippen LogP contribution in [0.4, 0.5) is 0 Å². The second kappa shape index (κ2) is 18.0. The highest BCUT2D eigenvalue weighted by molar-refractivity contribution is 5.85. The Morgan fingerprint density at radius 1 is 0.800 bits per heavy atom. The van der Waals surface area contributed by atoms with Gasteiger partial charge in [-0.25, -0.2) is 9.78 Å². The maximum atomic E-state index is 11.3. The molecule has 12 heteroatoms. The maximum Gasteiger partial charge on any atom is 0.354 e. The van der Waals surface area contributed by atoms with Gasteiger partial charge in [0.1, 0.15) is 5.69 Å². The topological polar surface area (TPSA) is 147 Å². The van der Waals surface area contributed by atoms with Crippen LogP contribution in [0.2, 0.25) is 0 Å². The number of hydrogen-bond acceptors (Lipinski definition) is 11. The van der Waals surface area contributed by atoms with E-state index < -0.39 is 12.3 Å². The Morgan fingerprint density at radius 3 is 1.80 bits per heavy atom. The minimum absolute atomic E-state index is 0.0266. The molecule has 1 aliphatic heterocycles. The zero-order valence-corrected chi connectivity index (χ0v) is 23.2. The Kier molecular flexibility index (Phi) is 14.4. The van der Waals surface area contributed by atoms with Gasteiger partial charge in [-0.1, -0.05) is 13.0 Å². The van der Waals surface area contributed by atoms with Gasteiger partial charge in [-0.15, -0.1) is 0 Å². The molecule has 40 heavy (non-hydrogen) atoms. The summed E-state index contributed by atoms with van der Waals surface area (Å²) in [6, 6.07) is 8.70. The van der Waals surface area contributed by atoms with Crippen molar-refractivity contribution in [2.75, 3.05) is 79.0 Å². The predicted molar refractivity (Wildman–Crippen MR) is 146 cm³/mol. The Morgan fingerprint density at radius 2 is 1.32 bits per heavy atom. The van der Waals surface area contributed by atoms with Crippen LogP contribution in [0.5, 0.6) is 0 Å². The third kappa shape index (κ3) is 11.9. The summed E-state index contributed by atoms with van der Waals surface area (Å²) in [7, 11) is 0. The van der Waals surface area contributed by atoms with Gasteiger partial charge in [-0.05, 0) is 36.2 Å². The fraction of sp³-hybridized carbons (Fsp3) is 0.607. The zero-order valence-electron chi connectivity index (χ0n) is 23.2. The van der Waals surface area contributed by atoms with Crippen molar-refractivity contribution in [1.29, 1.82) is 0 Å². The molecule has 2 aromatic heterocycles. The van der Waals surface area contributed by atoms with E-state index in [1.54, 1.807) is 12.1 Å². The van der Waals surface area contributed by atoms with Crippen molar-refractivity contribution in [3.05, 3.63) is 58.7 Å². The molecule has 1 fully saturated rings. The van der Waals surface area contributed by atoms with Gasteiger partial charge in [0.25, 0.3) is 0 Å². The summed E-state index contributed by atoms with van der Waals surface area (Å²) in [6.07, 6.45) is -0.835. The minimum atomic E-state index is -1.61. The monoisotopic (exact) mass is 562 g/mol. The number of ether oxygens (including phenoxy) is 4. The first-order valence-corrected chi connectivity index (χ1v) is 13.8. The first-order chi connectivity index (χ1) is 19.4. The van der Waals surface area contributed by atoms with E-state index in [2.05, 4.69) is 19.8 Å². The first-order valence-electron chi connectivity index (χ1n) is 13.8. The van der Waals surface area contributed by atoms with Crippen LogP contribution < -0.4 is 0 Å². The molecule has 222 valence electrons. The molecule has 3 N–H and O–H groups in total. The molecule has 0 aliphatic carbocycles. The summed E-state index contributed by atoms with van der Waals surface area (Å²) in [5.74, 6) is -1.05. The van der Waals surface area contributed by atoms with Crippen LogP contribution in [-0.4, -0.2) is 120 Å². The Hall–Kier alpha value is -2.55. The largest absolute Gasteiger partial charge is 0.477 e. The molecule has 12 nitrogen and oxygen atoms in total. The van der Waals surface area contributed by atoms with Crippen molar-refractivity contribution in [3.63, 3.8) is 0 Å². The van der Waals surface area contributed by atoms with E-state index in [0.29, 0.717) is 97.8 Å². The van der Waals surface area contributed by atoms with Crippen LogP contribution in [0.25, 0.3) is 0 Å². The van der Waals surface area contributed by atoms with Gasteiger partial charge >= 0.3 is 5.97 Å². The molecule has 3 heterocycles. The number of pyridine rings is 2. The molecule has 1 aliphatic rings. The van der Waals surface area contributed by atoms with Gasteiger partial charge in [0.2, 0.25) is 0 Å². The molecule has 0 radical (unpaired) electrons. The number of nitrogens with zero attached hydrogens (tertiary/aromatic N) is 4. The lowest BCUT2D eigenvalue weighted by Gasteiger charge is -2.24. The Balaban J connectivity index is 1.51. The second-order valence-electron chi connectivity index (χ2n) is 9.44. The summed E-state index contributed by atoms with van der Waals surface area (Å²) < 4.78 is 23.2. The lowest BCUT2D eigenvalue weighted by atomic mass is 10.1. The number of hydrogen-bond donors (Lipinski definition) is 3. The quantitative estimate of drug-likeness (QED) is 0.415. The van der Waals surface area contributed by atoms with Gasteiger partial charge < -0.3 is 34.3 Å². The van der Waals surface area contributed by atoms with Crippen LogP contribution in [0, 0.1) is 0 Å². The highest BCUT2D eigenvalue weighted by atomic mass is 16.5. The molecule has 0 unspecified atom stereocenters. The summed E-state index contributed by atoms with van der Waals surface area (Å²) >= 11 is 0. The summed E-state index contributed by atoms with van der Waals surface area (Å²) in [5.41, 5.74) is 2.73. The fourth-order valence-corrected chi connectivity index (χ4v) is 4.20. The van der Waals surface area contributed by atoms with E-state index in [1.807, 2.05) is 19.1 Å². The van der Waals surface area contributed by atoms with Crippen molar-refractivity contribution in [2.45, 2.75) is 32.7 Å². The van der Waals surface area contributed by atoms with Gasteiger partial charge in [0.15, 0.2) is 6.29 Å². The second-order valence-corrected chi connectivity index (χ2v) is 9.44. The van der Waals surface area contributed by atoms with Crippen molar-refractivity contribution in [3.8, 4) is 0 Å². The molecule has 0 aromatic carbocycles. The molecular formula is C28H42N4O8. The van der Waals surface area contributed by atoms with Crippen molar-refractivity contribution < 1.29 is 39.1 Å². The molecular weight excluding hydrogens is 520 g/mol. The van der Waals surface area contributed by atoms with Gasteiger partial charge in [0, 0.05) is 39.3 Å². The molecule has 1 saturated heterocycles. The van der Waals surface area contributed by atoms with Crippen LogP contribution >= 0.6 is 0 Å². The maximum absolute atomic E-state index is 11.3. The smallest absolute Gasteiger partial charge is 0.354 e. The summed E-state index contributed by atoms with van der Waals surface area (Å²) in [6.45, 7) is 9.48. The summed E-state index contributed by atoms with van der Waals surface area (Å²) in [4.78, 5) is 24.2. The Bertz CT molecular complexity index is 1010. The number of carboxylic acids is 1. The number of aliphatic hydroxyl groups excluding tert-OH is 1. The molecule has 0 bridgehead atoms. The van der Waals surface area contributed by atoms with E-state index in [1.165, 1.54) is 6.07 Å². The number of aromatic nitrogens is 2. The Labute approximate surface area is 235 Å². The third-order valence-corrected chi connectivity index (χ3v) is 6.38. The average molecular weight is 563 g/mol.